The van der Waals surface area contributed by atoms with Crippen LogP contribution < -0.4 is 0 Å². The minimum atomic E-state index is -0.929. The number of furan rings is 1. The van der Waals surface area contributed by atoms with Gasteiger partial charge >= 0.3 is 5.97 Å². The van der Waals surface area contributed by atoms with Crippen LogP contribution >= 0.6 is 11.8 Å². The second kappa shape index (κ2) is 6.53. The van der Waals surface area contributed by atoms with Gasteiger partial charge in [0.05, 0.1) is 18.6 Å². The molecule has 0 fully saturated rings. The Bertz CT molecular complexity index is 308. The zero-order valence-electron chi connectivity index (χ0n) is 8.56. The maximum absolute atomic E-state index is 10.1. The molecule has 4 nitrogen and oxygen atoms in total. The maximum Gasteiger partial charge on any atom is 0.329 e. The molecule has 0 aliphatic carbocycles. The number of hydrogen-bond donors (Lipinski definition) is 1. The van der Waals surface area contributed by atoms with Crippen molar-refractivity contribution in [2.45, 2.75) is 12.7 Å². The van der Waals surface area contributed by atoms with Crippen LogP contribution in [0, 0.1) is 6.92 Å². The number of aliphatic carboxylic acids is 1. The van der Waals surface area contributed by atoms with Crippen LogP contribution in [-0.4, -0.2) is 30.0 Å². The molecule has 0 bridgehead atoms. The van der Waals surface area contributed by atoms with Gasteiger partial charge in [-0.3, -0.25) is 0 Å². The van der Waals surface area contributed by atoms with Crippen molar-refractivity contribution in [2.24, 2.45) is 0 Å². The van der Waals surface area contributed by atoms with Crippen molar-refractivity contribution in [1.29, 1.82) is 0 Å². The highest BCUT2D eigenvalue weighted by atomic mass is 32.2. The monoisotopic (exact) mass is 230 g/mol. The lowest BCUT2D eigenvalue weighted by molar-refractivity contribution is -0.141. The third-order valence-corrected chi connectivity index (χ3v) is 2.72. The average molecular weight is 230 g/mol. The standard InChI is InChI=1S/C10H14O4S/c1-8-2-3-14-9(8)7-15-5-4-13-6-10(11)12/h2-3H,4-7H2,1H3,(H,11,12). The molecule has 0 aliphatic heterocycles. The summed E-state index contributed by atoms with van der Waals surface area (Å²) in [7, 11) is 0. The first-order valence-corrected chi connectivity index (χ1v) is 5.76. The molecule has 1 N–H and O–H groups in total. The summed E-state index contributed by atoms with van der Waals surface area (Å²) in [6.45, 7) is 2.23. The number of thioether (sulfide) groups is 1. The SMILES string of the molecule is Cc1ccoc1CSCCOCC(=O)O. The summed E-state index contributed by atoms with van der Waals surface area (Å²) in [6.07, 6.45) is 1.67. The van der Waals surface area contributed by atoms with Gasteiger partial charge in [0.15, 0.2) is 0 Å². The Kier molecular flexibility index (Phi) is 5.28. The molecule has 84 valence electrons. The highest BCUT2D eigenvalue weighted by Crippen LogP contribution is 2.16. The minimum Gasteiger partial charge on any atom is -0.480 e. The van der Waals surface area contributed by atoms with E-state index >= 15 is 0 Å². The highest BCUT2D eigenvalue weighted by Gasteiger charge is 2.01. The molecule has 0 unspecified atom stereocenters. The van der Waals surface area contributed by atoms with E-state index in [1.54, 1.807) is 18.0 Å². The van der Waals surface area contributed by atoms with Crippen LogP contribution in [0.2, 0.25) is 0 Å². The number of rotatable bonds is 7. The zero-order valence-corrected chi connectivity index (χ0v) is 9.38. The number of ether oxygens (including phenoxy) is 1. The molecular formula is C10H14O4S. The summed E-state index contributed by atoms with van der Waals surface area (Å²) in [5.74, 6) is 1.61. The Morgan fingerprint density at radius 3 is 3.07 bits per heavy atom. The Morgan fingerprint density at radius 1 is 1.67 bits per heavy atom. The Morgan fingerprint density at radius 2 is 2.47 bits per heavy atom. The first-order valence-electron chi connectivity index (χ1n) is 4.60. The van der Waals surface area contributed by atoms with Gasteiger partial charge in [0.25, 0.3) is 0 Å². The van der Waals surface area contributed by atoms with Crippen molar-refractivity contribution >= 4 is 17.7 Å². The van der Waals surface area contributed by atoms with E-state index in [0.717, 1.165) is 22.8 Å². The predicted octanol–water partition coefficient (Wildman–Crippen LogP) is 1.92. The zero-order chi connectivity index (χ0) is 11.1. The van der Waals surface area contributed by atoms with Gasteiger partial charge in [-0.15, -0.1) is 0 Å². The van der Waals surface area contributed by atoms with E-state index in [0.29, 0.717) is 6.61 Å². The van der Waals surface area contributed by atoms with E-state index in [-0.39, 0.29) is 6.61 Å². The summed E-state index contributed by atoms with van der Waals surface area (Å²) in [4.78, 5) is 10.1. The molecule has 0 atom stereocenters. The van der Waals surface area contributed by atoms with Gasteiger partial charge in [-0.1, -0.05) is 0 Å². The third kappa shape index (κ3) is 4.90. The summed E-state index contributed by atoms with van der Waals surface area (Å²) in [6, 6.07) is 1.93. The summed E-state index contributed by atoms with van der Waals surface area (Å²) < 4.78 is 10.1. The number of carbonyl (C=O) groups is 1. The van der Waals surface area contributed by atoms with Gasteiger partial charge in [0.2, 0.25) is 0 Å². The summed E-state index contributed by atoms with van der Waals surface area (Å²) in [5.41, 5.74) is 1.15. The van der Waals surface area contributed by atoms with Gasteiger partial charge in [-0.2, -0.15) is 11.8 Å². The fourth-order valence-electron chi connectivity index (χ4n) is 0.994. The molecule has 0 radical (unpaired) electrons. The quantitative estimate of drug-likeness (QED) is 0.725. The van der Waals surface area contributed by atoms with Gasteiger partial charge in [0, 0.05) is 5.75 Å². The third-order valence-electron chi connectivity index (χ3n) is 1.80. The van der Waals surface area contributed by atoms with Crippen molar-refractivity contribution in [3.05, 3.63) is 23.7 Å². The number of carboxylic acids is 1. The molecule has 1 aromatic rings. The fourth-order valence-corrected chi connectivity index (χ4v) is 1.86. The molecule has 15 heavy (non-hydrogen) atoms. The van der Waals surface area contributed by atoms with Crippen molar-refractivity contribution in [1.82, 2.24) is 0 Å². The van der Waals surface area contributed by atoms with Crippen LogP contribution in [0.15, 0.2) is 16.7 Å². The molecule has 0 spiro atoms. The van der Waals surface area contributed by atoms with Crippen LogP contribution in [0.25, 0.3) is 0 Å². The smallest absolute Gasteiger partial charge is 0.329 e. The van der Waals surface area contributed by atoms with E-state index in [9.17, 15) is 4.79 Å². The molecule has 0 aliphatic rings. The molecule has 0 saturated carbocycles. The summed E-state index contributed by atoms with van der Waals surface area (Å²) in [5, 5.41) is 8.31. The number of hydrogen-bond acceptors (Lipinski definition) is 4. The topological polar surface area (TPSA) is 59.7 Å². The second-order valence-corrected chi connectivity index (χ2v) is 4.13. The molecule has 5 heteroatoms. The van der Waals surface area contributed by atoms with Crippen LogP contribution in [0.5, 0.6) is 0 Å². The lowest BCUT2D eigenvalue weighted by Gasteiger charge is -2.01. The van der Waals surface area contributed by atoms with Gasteiger partial charge < -0.3 is 14.3 Å². The van der Waals surface area contributed by atoms with E-state index in [4.69, 9.17) is 14.3 Å². The minimum absolute atomic E-state index is 0.222. The number of carboxylic acid groups (broad SMARTS) is 1. The molecule has 0 saturated heterocycles. The van der Waals surface area contributed by atoms with Crippen LogP contribution in [0.1, 0.15) is 11.3 Å². The number of aryl methyl sites for hydroxylation is 1. The van der Waals surface area contributed by atoms with Crippen LogP contribution in [0.3, 0.4) is 0 Å². The van der Waals surface area contributed by atoms with Gasteiger partial charge in [0.1, 0.15) is 12.4 Å². The van der Waals surface area contributed by atoms with Crippen LogP contribution in [-0.2, 0) is 15.3 Å². The molecule has 1 rings (SSSR count). The molecular weight excluding hydrogens is 216 g/mol. The Labute approximate surface area is 92.6 Å². The van der Waals surface area contributed by atoms with E-state index in [1.807, 2.05) is 13.0 Å². The Balaban J connectivity index is 2.03. The van der Waals surface area contributed by atoms with Crippen LogP contribution in [0.4, 0.5) is 0 Å². The van der Waals surface area contributed by atoms with E-state index in [2.05, 4.69) is 0 Å². The maximum atomic E-state index is 10.1. The first kappa shape index (κ1) is 12.1. The van der Waals surface area contributed by atoms with Crippen molar-refractivity contribution < 1.29 is 19.1 Å². The molecule has 1 heterocycles. The lowest BCUT2D eigenvalue weighted by atomic mass is 10.3. The average Bonchev–Trinajstić information content (AvgIpc) is 2.57. The second-order valence-electron chi connectivity index (χ2n) is 3.03. The predicted molar refractivity (Wildman–Crippen MR) is 58.1 cm³/mol. The van der Waals surface area contributed by atoms with Crippen molar-refractivity contribution in [3.8, 4) is 0 Å². The highest BCUT2D eigenvalue weighted by molar-refractivity contribution is 7.98. The molecule has 1 aromatic heterocycles. The van der Waals surface area contributed by atoms with Crippen molar-refractivity contribution in [2.75, 3.05) is 19.0 Å². The largest absolute Gasteiger partial charge is 0.480 e. The normalized spacial score (nSPS) is 10.5. The fraction of sp³-hybridized carbons (Fsp3) is 0.500. The van der Waals surface area contributed by atoms with Crippen molar-refractivity contribution in [3.63, 3.8) is 0 Å². The van der Waals surface area contributed by atoms with Gasteiger partial charge in [-0.25, -0.2) is 4.79 Å². The molecule has 0 aromatic carbocycles. The summed E-state index contributed by atoms with van der Waals surface area (Å²) >= 11 is 1.67. The Hall–Kier alpha value is -0.940. The van der Waals surface area contributed by atoms with Gasteiger partial charge in [-0.05, 0) is 18.6 Å². The lowest BCUT2D eigenvalue weighted by Crippen LogP contribution is -2.08. The van der Waals surface area contributed by atoms with E-state index in [1.165, 1.54) is 0 Å². The first-order chi connectivity index (χ1) is 7.20. The molecule has 0 amide bonds. The van der Waals surface area contributed by atoms with E-state index < -0.39 is 5.97 Å².